The molecule has 1 aliphatic heterocycles. The van der Waals surface area contributed by atoms with Crippen LogP contribution >= 0.6 is 24.0 Å². The predicted octanol–water partition coefficient (Wildman–Crippen LogP) is 2.69. The molecule has 1 fully saturated rings. The fourth-order valence-corrected chi connectivity index (χ4v) is 2.84. The van der Waals surface area contributed by atoms with Crippen molar-refractivity contribution in [3.63, 3.8) is 0 Å². The number of nitrogens with zero attached hydrogens (tertiary/aromatic N) is 2. The summed E-state index contributed by atoms with van der Waals surface area (Å²) in [4.78, 5) is 6.83. The highest BCUT2D eigenvalue weighted by atomic mass is 127. The summed E-state index contributed by atoms with van der Waals surface area (Å²) < 4.78 is 41.1. The molecule has 1 heterocycles. The second-order valence-corrected chi connectivity index (χ2v) is 6.13. The first kappa shape index (κ1) is 25.6. The fraction of sp³-hybridized carbons (Fsp3) is 0.632. The maximum absolute atomic E-state index is 12.8. The van der Waals surface area contributed by atoms with Gasteiger partial charge in [-0.25, -0.2) is 4.99 Å². The molecule has 2 rings (SSSR count). The Hall–Kier alpha value is -1.40. The van der Waals surface area contributed by atoms with Crippen molar-refractivity contribution in [3.8, 4) is 11.5 Å². The summed E-state index contributed by atoms with van der Waals surface area (Å²) in [7, 11) is 0. The smallest absolute Gasteiger partial charge is 0.387 e. The lowest BCUT2D eigenvalue weighted by molar-refractivity contribution is -0.0520. The zero-order valence-electron chi connectivity index (χ0n) is 17.0. The first-order valence-corrected chi connectivity index (χ1v) is 9.65. The maximum Gasteiger partial charge on any atom is 0.387 e. The van der Waals surface area contributed by atoms with Crippen molar-refractivity contribution in [1.82, 2.24) is 15.5 Å². The summed E-state index contributed by atoms with van der Waals surface area (Å²) in [5.41, 5.74) is 0.539. The number of guanidine groups is 1. The molecule has 1 aliphatic rings. The van der Waals surface area contributed by atoms with Gasteiger partial charge in [-0.2, -0.15) is 8.78 Å². The van der Waals surface area contributed by atoms with Crippen LogP contribution in [0.2, 0.25) is 0 Å². The van der Waals surface area contributed by atoms with Crippen molar-refractivity contribution in [3.05, 3.63) is 23.8 Å². The number of hydrogen-bond acceptors (Lipinski definition) is 5. The number of hydrogen-bond donors (Lipinski definition) is 2. The van der Waals surface area contributed by atoms with Gasteiger partial charge in [0.15, 0.2) is 17.5 Å². The monoisotopic (exact) mass is 528 g/mol. The Morgan fingerprint density at radius 2 is 2.00 bits per heavy atom. The van der Waals surface area contributed by atoms with Gasteiger partial charge in [0.1, 0.15) is 0 Å². The van der Waals surface area contributed by atoms with Crippen molar-refractivity contribution >= 4 is 29.9 Å². The maximum atomic E-state index is 12.8. The summed E-state index contributed by atoms with van der Waals surface area (Å²) >= 11 is 0. The first-order chi connectivity index (χ1) is 13.6. The number of aliphatic imine (C=N–C) groups is 1. The number of nitrogens with one attached hydrogen (secondary N) is 2. The molecule has 2 N–H and O–H groups in total. The standard InChI is InChI=1S/C19H30F2N4O3.HI/c1-3-22-19(23-8-9-25-10-12-26-13-11-25)24-14-15-6-5-7-16(27-4-2)17(15)28-18(20)21;/h5-7,18H,3-4,8-14H2,1-2H3,(H2,22,23,24);1H. The quantitative estimate of drug-likeness (QED) is 0.277. The molecule has 0 unspecified atom stereocenters. The third-order valence-electron chi connectivity index (χ3n) is 4.14. The van der Waals surface area contributed by atoms with Gasteiger partial charge in [-0.05, 0) is 19.9 Å². The summed E-state index contributed by atoms with van der Waals surface area (Å²) in [6.07, 6.45) is 0. The molecular formula is C19H31F2IN4O3. The van der Waals surface area contributed by atoms with Crippen molar-refractivity contribution in [2.75, 3.05) is 52.5 Å². The van der Waals surface area contributed by atoms with Crippen LogP contribution in [0, 0.1) is 0 Å². The minimum atomic E-state index is -2.93. The molecule has 0 aromatic heterocycles. The Bertz CT molecular complexity index is 617. The van der Waals surface area contributed by atoms with Crippen LogP contribution < -0.4 is 20.1 Å². The average molecular weight is 528 g/mol. The van der Waals surface area contributed by atoms with Crippen LogP contribution in [0.3, 0.4) is 0 Å². The van der Waals surface area contributed by atoms with Gasteiger partial charge >= 0.3 is 6.61 Å². The Balaban J connectivity index is 0.00000420. The molecule has 0 amide bonds. The fourth-order valence-electron chi connectivity index (χ4n) is 2.84. The summed E-state index contributed by atoms with van der Waals surface area (Å²) in [5, 5.41) is 6.44. The average Bonchev–Trinajstić information content (AvgIpc) is 2.68. The van der Waals surface area contributed by atoms with Crippen molar-refractivity contribution in [2.45, 2.75) is 27.0 Å². The van der Waals surface area contributed by atoms with E-state index in [1.807, 2.05) is 6.92 Å². The number of alkyl halides is 2. The van der Waals surface area contributed by atoms with Gasteiger partial charge in [0.05, 0.1) is 26.4 Å². The van der Waals surface area contributed by atoms with Gasteiger partial charge in [-0.3, -0.25) is 4.90 Å². The summed E-state index contributed by atoms with van der Waals surface area (Å²) in [5.74, 6) is 0.952. The van der Waals surface area contributed by atoms with Gasteiger partial charge in [-0.15, -0.1) is 24.0 Å². The number of benzene rings is 1. The van der Waals surface area contributed by atoms with E-state index in [2.05, 4.69) is 20.5 Å². The highest BCUT2D eigenvalue weighted by molar-refractivity contribution is 14.0. The molecule has 166 valence electrons. The minimum Gasteiger partial charge on any atom is -0.490 e. The van der Waals surface area contributed by atoms with Crippen LogP contribution in [0.15, 0.2) is 23.2 Å². The topological polar surface area (TPSA) is 67.4 Å². The zero-order valence-corrected chi connectivity index (χ0v) is 19.3. The van der Waals surface area contributed by atoms with Crippen LogP contribution in [-0.4, -0.2) is 70.0 Å². The van der Waals surface area contributed by atoms with Gasteiger partial charge in [0.25, 0.3) is 0 Å². The van der Waals surface area contributed by atoms with Crippen molar-refractivity contribution in [2.24, 2.45) is 4.99 Å². The predicted molar refractivity (Wildman–Crippen MR) is 120 cm³/mol. The molecule has 1 saturated heterocycles. The van der Waals surface area contributed by atoms with E-state index in [0.717, 1.165) is 39.4 Å². The molecule has 7 nitrogen and oxygen atoms in total. The van der Waals surface area contributed by atoms with E-state index in [1.165, 1.54) is 0 Å². The number of rotatable bonds is 10. The van der Waals surface area contributed by atoms with Crippen LogP contribution in [-0.2, 0) is 11.3 Å². The summed E-state index contributed by atoms with van der Waals surface area (Å²) in [6, 6.07) is 5.06. The third kappa shape index (κ3) is 9.30. The van der Waals surface area contributed by atoms with Gasteiger partial charge < -0.3 is 24.8 Å². The number of halogens is 3. The Labute approximate surface area is 188 Å². The molecule has 1 aromatic rings. The number of para-hydroxylation sites is 1. The van der Waals surface area contributed by atoms with E-state index < -0.39 is 6.61 Å². The molecule has 0 bridgehead atoms. The molecule has 1 aromatic carbocycles. The number of morpholine rings is 1. The van der Waals surface area contributed by atoms with Crippen LogP contribution in [0.4, 0.5) is 8.78 Å². The SMILES string of the molecule is CCNC(=NCc1cccc(OCC)c1OC(F)F)NCCN1CCOCC1.I. The Morgan fingerprint density at radius 3 is 2.66 bits per heavy atom. The van der Waals surface area contributed by atoms with Gasteiger partial charge in [0.2, 0.25) is 0 Å². The lowest BCUT2D eigenvalue weighted by Crippen LogP contribution is -2.44. The van der Waals surface area contributed by atoms with Crippen molar-refractivity contribution in [1.29, 1.82) is 0 Å². The van der Waals surface area contributed by atoms with E-state index in [0.29, 0.717) is 30.4 Å². The zero-order chi connectivity index (χ0) is 20.2. The second kappa shape index (κ2) is 14.6. The highest BCUT2D eigenvalue weighted by Crippen LogP contribution is 2.33. The molecule has 0 radical (unpaired) electrons. The van der Waals surface area contributed by atoms with Crippen LogP contribution in [0.1, 0.15) is 19.4 Å². The third-order valence-corrected chi connectivity index (χ3v) is 4.14. The normalized spacial score (nSPS) is 15.0. The molecule has 10 heteroatoms. The first-order valence-electron chi connectivity index (χ1n) is 9.65. The van der Waals surface area contributed by atoms with E-state index in [9.17, 15) is 8.78 Å². The molecule has 0 saturated carbocycles. The minimum absolute atomic E-state index is 0. The van der Waals surface area contributed by atoms with E-state index in [1.54, 1.807) is 25.1 Å². The van der Waals surface area contributed by atoms with E-state index in [4.69, 9.17) is 14.2 Å². The lowest BCUT2D eigenvalue weighted by atomic mass is 10.2. The molecule has 0 atom stereocenters. The van der Waals surface area contributed by atoms with E-state index in [-0.39, 0.29) is 36.3 Å². The molecular weight excluding hydrogens is 497 g/mol. The molecule has 0 spiro atoms. The largest absolute Gasteiger partial charge is 0.490 e. The van der Waals surface area contributed by atoms with Crippen LogP contribution in [0.5, 0.6) is 11.5 Å². The molecule has 29 heavy (non-hydrogen) atoms. The number of ether oxygens (including phenoxy) is 3. The Morgan fingerprint density at radius 1 is 1.24 bits per heavy atom. The van der Waals surface area contributed by atoms with Gasteiger partial charge in [0, 0.05) is 38.3 Å². The van der Waals surface area contributed by atoms with Crippen molar-refractivity contribution < 1.29 is 23.0 Å². The van der Waals surface area contributed by atoms with E-state index >= 15 is 0 Å². The van der Waals surface area contributed by atoms with Gasteiger partial charge in [-0.1, -0.05) is 12.1 Å². The lowest BCUT2D eigenvalue weighted by Gasteiger charge is -2.26. The highest BCUT2D eigenvalue weighted by Gasteiger charge is 2.16. The Kier molecular flexibility index (Phi) is 12.9. The van der Waals surface area contributed by atoms with Crippen LogP contribution in [0.25, 0.3) is 0 Å². The molecule has 0 aliphatic carbocycles. The summed E-state index contributed by atoms with van der Waals surface area (Å²) in [6.45, 7) is 7.06. The second-order valence-electron chi connectivity index (χ2n) is 6.13.